The van der Waals surface area contributed by atoms with Crippen LogP contribution >= 0.6 is 12.2 Å². The monoisotopic (exact) mass is 303 g/mol. The van der Waals surface area contributed by atoms with Crippen LogP contribution in [0.4, 0.5) is 0 Å². The van der Waals surface area contributed by atoms with Crippen LogP contribution in [0.15, 0.2) is 18.2 Å². The first-order chi connectivity index (χ1) is 9.85. The Labute approximate surface area is 127 Å². The number of nitrogens with one attached hydrogen (secondary N) is 1. The van der Waals surface area contributed by atoms with Crippen LogP contribution in [0, 0.1) is 17.5 Å². The molecule has 108 valence electrons. The van der Waals surface area contributed by atoms with Crippen molar-refractivity contribution in [2.75, 3.05) is 0 Å². The van der Waals surface area contributed by atoms with Crippen LogP contribution in [-0.2, 0) is 0 Å². The van der Waals surface area contributed by atoms with Crippen molar-refractivity contribution in [3.05, 3.63) is 34.2 Å². The van der Waals surface area contributed by atoms with E-state index in [1.165, 1.54) is 0 Å². The Morgan fingerprint density at radius 1 is 1.57 bits per heavy atom. The van der Waals surface area contributed by atoms with Crippen LogP contribution in [0.1, 0.15) is 31.0 Å². The number of nitriles is 1. The molecular weight excluding hydrogens is 288 g/mol. The molecule has 1 aromatic carbocycles. The zero-order valence-corrected chi connectivity index (χ0v) is 12.4. The van der Waals surface area contributed by atoms with Crippen LogP contribution in [0.2, 0.25) is 0 Å². The van der Waals surface area contributed by atoms with Gasteiger partial charge in [0, 0.05) is 5.56 Å². The number of aliphatic hydroxyl groups excluding tert-OH is 1. The molecule has 0 fully saturated rings. The van der Waals surface area contributed by atoms with Gasteiger partial charge in [-0.25, -0.2) is 0 Å². The smallest absolute Gasteiger partial charge is 0.485 e. The molecule has 0 saturated heterocycles. The summed E-state index contributed by atoms with van der Waals surface area (Å²) < 4.78 is 5.81. The Hall–Kier alpha value is -2.35. The Kier molecular flexibility index (Phi) is 3.99. The second-order valence-corrected chi connectivity index (χ2v) is 5.65. The van der Waals surface area contributed by atoms with E-state index in [9.17, 15) is 5.11 Å². The van der Waals surface area contributed by atoms with Crippen molar-refractivity contribution in [3.8, 4) is 18.0 Å². The van der Waals surface area contributed by atoms with Crippen molar-refractivity contribution in [1.29, 1.82) is 5.26 Å². The molecule has 21 heavy (non-hydrogen) atoms. The highest BCUT2D eigenvalue weighted by atomic mass is 32.1. The van der Waals surface area contributed by atoms with E-state index in [1.54, 1.807) is 38.2 Å². The van der Waals surface area contributed by atoms with Gasteiger partial charge in [0.05, 0.1) is 11.6 Å². The number of hydrogen-bond donors (Lipinski definition) is 3. The maximum atomic E-state index is 10.5. The number of nitrogens with zero attached hydrogens (tertiary/aromatic N) is 2. The van der Waals surface area contributed by atoms with Crippen LogP contribution in [-0.4, -0.2) is 21.9 Å². The van der Waals surface area contributed by atoms with Gasteiger partial charge < -0.3 is 20.9 Å². The topological polar surface area (TPSA) is 95.7 Å². The zero-order chi connectivity index (χ0) is 15.6. The molecule has 0 saturated carbocycles. The molecular formula is C14H15N4O2S+. The summed E-state index contributed by atoms with van der Waals surface area (Å²) in [5.41, 5.74) is 6.04. The molecule has 6 nitrogen and oxygen atoms in total. The highest BCUT2D eigenvalue weighted by Gasteiger charge is 2.43. The molecule has 0 bridgehead atoms. The number of nitrogens with two attached hydrogens (primary N) is 1. The second-order valence-electron chi connectivity index (χ2n) is 5.21. The van der Waals surface area contributed by atoms with E-state index in [0.717, 1.165) is 0 Å². The third-order valence-corrected chi connectivity index (χ3v) is 3.40. The highest BCUT2D eigenvalue weighted by Crippen LogP contribution is 2.40. The molecule has 0 radical (unpaired) electrons. The van der Waals surface area contributed by atoms with Gasteiger partial charge in [-0.1, -0.05) is 4.85 Å². The molecule has 1 aliphatic heterocycles. The molecule has 4 N–H and O–H groups in total. The van der Waals surface area contributed by atoms with Crippen LogP contribution < -0.4 is 15.8 Å². The first-order valence-corrected chi connectivity index (χ1v) is 6.68. The van der Waals surface area contributed by atoms with Gasteiger partial charge in [-0.15, -0.1) is 0 Å². The summed E-state index contributed by atoms with van der Waals surface area (Å²) in [5.74, 6) is 0.613. The predicted molar refractivity (Wildman–Crippen MR) is 81.8 cm³/mol. The minimum atomic E-state index is -0.852. The Morgan fingerprint density at radius 2 is 2.29 bits per heavy atom. The van der Waals surface area contributed by atoms with Gasteiger partial charge in [0.1, 0.15) is 17.5 Å². The molecule has 2 atom stereocenters. The first-order valence-electron chi connectivity index (χ1n) is 6.27. The van der Waals surface area contributed by atoms with Gasteiger partial charge in [0.2, 0.25) is 6.07 Å². The molecule has 0 unspecified atom stereocenters. The number of aliphatic hydroxyl groups is 1. The van der Waals surface area contributed by atoms with E-state index in [2.05, 4.69) is 16.2 Å². The Bertz CT molecular complexity index is 684. The van der Waals surface area contributed by atoms with Crippen molar-refractivity contribution in [1.82, 2.24) is 5.32 Å². The fraction of sp³-hybridized carbons (Fsp3) is 0.357. The molecule has 1 aromatic rings. The third-order valence-electron chi connectivity index (χ3n) is 3.28. The molecule has 2 rings (SSSR count). The lowest BCUT2D eigenvalue weighted by atomic mass is 9.86. The largest absolute Gasteiger partial charge is 0.578 e. The number of benzene rings is 1. The van der Waals surface area contributed by atoms with E-state index in [-0.39, 0.29) is 5.11 Å². The van der Waals surface area contributed by atoms with E-state index in [1.807, 2.05) is 0 Å². The molecule has 1 heterocycles. The van der Waals surface area contributed by atoms with Crippen molar-refractivity contribution in [2.24, 2.45) is 5.73 Å². The first kappa shape index (κ1) is 15.0. The normalized spacial score (nSPS) is 21.8. The summed E-state index contributed by atoms with van der Waals surface area (Å²) in [6.07, 6.45) is 0.786. The lowest BCUT2D eigenvalue weighted by molar-refractivity contribution is -0.0609. The summed E-state index contributed by atoms with van der Waals surface area (Å²) in [6.45, 7) is 3.57. The molecule has 0 aliphatic carbocycles. The van der Waals surface area contributed by atoms with Gasteiger partial charge >= 0.3 is 6.19 Å². The Morgan fingerprint density at radius 3 is 2.90 bits per heavy atom. The van der Waals surface area contributed by atoms with Gasteiger partial charge in [0.25, 0.3) is 0 Å². The minimum Gasteiger partial charge on any atom is -0.485 e. The maximum Gasteiger partial charge on any atom is 0.578 e. The number of rotatable bonds is 1. The van der Waals surface area contributed by atoms with Crippen LogP contribution in [0.25, 0.3) is 4.85 Å². The molecule has 0 spiro atoms. The van der Waals surface area contributed by atoms with Crippen molar-refractivity contribution in [2.45, 2.75) is 31.6 Å². The number of fused-ring (bicyclic) bond motifs is 1. The Balaban J connectivity index is 2.51. The second kappa shape index (κ2) is 5.57. The van der Waals surface area contributed by atoms with Gasteiger partial charge in [-0.3, -0.25) is 0 Å². The molecule has 1 aliphatic rings. The van der Waals surface area contributed by atoms with Crippen molar-refractivity contribution in [3.63, 3.8) is 0 Å². The molecule has 0 aromatic heterocycles. The fourth-order valence-electron chi connectivity index (χ4n) is 2.27. The zero-order valence-electron chi connectivity index (χ0n) is 11.6. The summed E-state index contributed by atoms with van der Waals surface area (Å²) in [6, 6.07) is 7.28. The van der Waals surface area contributed by atoms with E-state index >= 15 is 0 Å². The van der Waals surface area contributed by atoms with Crippen molar-refractivity contribution < 1.29 is 9.84 Å². The van der Waals surface area contributed by atoms with E-state index in [4.69, 9.17) is 28.0 Å². The lowest BCUT2D eigenvalue weighted by Gasteiger charge is -2.42. The van der Waals surface area contributed by atoms with Crippen molar-refractivity contribution >= 4 is 17.3 Å². The third kappa shape index (κ3) is 3.05. The summed E-state index contributed by atoms with van der Waals surface area (Å²) in [7, 11) is 0. The maximum absolute atomic E-state index is 10.5. The highest BCUT2D eigenvalue weighted by molar-refractivity contribution is 7.80. The van der Waals surface area contributed by atoms with E-state index < -0.39 is 17.7 Å². The number of ether oxygens (including phenoxy) is 1. The summed E-state index contributed by atoms with van der Waals surface area (Å²) >= 11 is 4.87. The van der Waals surface area contributed by atoms with Gasteiger partial charge in [-0.05, 0) is 44.3 Å². The minimum absolute atomic E-state index is 0.0859. The molecule has 7 heteroatoms. The average Bonchev–Trinajstić information content (AvgIpc) is 2.41. The molecule has 0 amide bonds. The fourth-order valence-corrected chi connectivity index (χ4v) is 2.40. The standard InChI is InChI=1S/C14H14N4O2S/c1-14(2)12(19)11(18-13(16)21)9-5-8(6-17-7-15)3-4-10(9)20-14/h3-5,11-12,19H,1-2H3,(H2-,16,18,21)/p+1/t11-,12+/m0/s1. The van der Waals surface area contributed by atoms with E-state index in [0.29, 0.717) is 16.9 Å². The van der Waals surface area contributed by atoms with Crippen LogP contribution in [0.3, 0.4) is 0 Å². The quantitative estimate of drug-likeness (QED) is 0.534. The summed E-state index contributed by atoms with van der Waals surface area (Å²) in [5, 5.41) is 21.9. The lowest BCUT2D eigenvalue weighted by Crippen LogP contribution is -2.54. The summed E-state index contributed by atoms with van der Waals surface area (Å²) in [4.78, 5) is 3.41. The SMILES string of the molecule is CC1(C)Oc2ccc(C#[N+]C#N)cc2[C@H](NC(N)=S)[C@H]1O. The predicted octanol–water partition coefficient (Wildman–Crippen LogP) is 1.25. The van der Waals surface area contributed by atoms with Gasteiger partial charge in [0.15, 0.2) is 10.4 Å². The number of thiocarbonyl (C=S) groups is 1. The van der Waals surface area contributed by atoms with Crippen LogP contribution in [0.5, 0.6) is 5.75 Å². The number of hydrogen-bond acceptors (Lipinski definition) is 4. The van der Waals surface area contributed by atoms with Gasteiger partial charge in [-0.2, -0.15) is 0 Å². The average molecular weight is 303 g/mol.